The van der Waals surface area contributed by atoms with Crippen molar-refractivity contribution in [3.8, 4) is 11.3 Å². The zero-order chi connectivity index (χ0) is 26.7. The summed E-state index contributed by atoms with van der Waals surface area (Å²) in [5.41, 5.74) is 0.993. The van der Waals surface area contributed by atoms with E-state index >= 15 is 0 Å². The summed E-state index contributed by atoms with van der Waals surface area (Å²) in [6.07, 6.45) is 4.01. The number of rotatable bonds is 6. The molecule has 37 heavy (non-hydrogen) atoms. The van der Waals surface area contributed by atoms with Gasteiger partial charge in [0.15, 0.2) is 29.1 Å². The van der Waals surface area contributed by atoms with Crippen molar-refractivity contribution in [1.29, 1.82) is 0 Å². The number of hydrogen-bond acceptors (Lipinski definition) is 3. The van der Waals surface area contributed by atoms with Gasteiger partial charge in [-0.05, 0) is 48.4 Å². The highest BCUT2D eigenvalue weighted by molar-refractivity contribution is 5.95. The van der Waals surface area contributed by atoms with Crippen LogP contribution in [0.5, 0.6) is 0 Å². The van der Waals surface area contributed by atoms with Gasteiger partial charge in [-0.15, -0.1) is 0 Å². The van der Waals surface area contributed by atoms with Crippen LogP contribution in [-0.4, -0.2) is 22.9 Å². The molecule has 0 radical (unpaired) electrons. The maximum absolute atomic E-state index is 14.4. The van der Waals surface area contributed by atoms with Crippen LogP contribution in [0.4, 0.5) is 27.8 Å². The van der Waals surface area contributed by atoms with Crippen molar-refractivity contribution in [3.05, 3.63) is 112 Å². The van der Waals surface area contributed by atoms with Crippen molar-refractivity contribution >= 4 is 23.9 Å². The number of anilines is 1. The van der Waals surface area contributed by atoms with E-state index in [0.717, 1.165) is 17.4 Å². The molecule has 0 aliphatic heterocycles. The van der Waals surface area contributed by atoms with E-state index in [-0.39, 0.29) is 11.5 Å². The van der Waals surface area contributed by atoms with E-state index in [1.165, 1.54) is 37.5 Å². The van der Waals surface area contributed by atoms with E-state index < -0.39 is 52.5 Å². The van der Waals surface area contributed by atoms with Crippen LogP contribution in [0.2, 0.25) is 0 Å². The van der Waals surface area contributed by atoms with Gasteiger partial charge in [-0.3, -0.25) is 9.69 Å². The number of benzene rings is 3. The molecule has 0 bridgehead atoms. The first-order valence-electron chi connectivity index (χ1n) is 11.1. The van der Waals surface area contributed by atoms with Crippen molar-refractivity contribution in [3.63, 3.8) is 0 Å². The standard InChI is InChI=1S/C28H20F5N3O/c1-16-20(25(31)27(33)26(32)24(16)30)14-23(37)36(2)28-21(13-8-17-6-4-3-5-7-17)35-22(15-34-28)18-9-11-19(29)12-10-18/h3-13,15H,14H2,1-2H3/b13-8+. The summed E-state index contributed by atoms with van der Waals surface area (Å²) in [5.74, 6) is -8.19. The third-order valence-electron chi connectivity index (χ3n) is 5.80. The van der Waals surface area contributed by atoms with Crippen molar-refractivity contribution in [2.75, 3.05) is 11.9 Å². The fraction of sp³-hybridized carbons (Fsp3) is 0.107. The Morgan fingerprint density at radius 1 is 0.865 bits per heavy atom. The highest BCUT2D eigenvalue weighted by Gasteiger charge is 2.26. The number of halogens is 5. The molecule has 0 aliphatic carbocycles. The number of likely N-dealkylation sites (N-methyl/N-ethyl adjacent to an activating group) is 1. The van der Waals surface area contributed by atoms with Crippen molar-refractivity contribution < 1.29 is 26.7 Å². The number of amides is 1. The summed E-state index contributed by atoms with van der Waals surface area (Å²) >= 11 is 0. The van der Waals surface area contributed by atoms with Gasteiger partial charge < -0.3 is 0 Å². The fourth-order valence-corrected chi connectivity index (χ4v) is 3.65. The second-order valence-corrected chi connectivity index (χ2v) is 8.20. The third kappa shape index (κ3) is 5.40. The Labute approximate surface area is 209 Å². The Bertz CT molecular complexity index is 1460. The SMILES string of the molecule is Cc1c(F)c(F)c(F)c(F)c1CC(=O)N(C)c1ncc(-c2ccc(F)cc2)nc1/C=C/c1ccccc1. The zero-order valence-electron chi connectivity index (χ0n) is 19.8. The zero-order valence-corrected chi connectivity index (χ0v) is 19.8. The van der Waals surface area contributed by atoms with Crippen molar-refractivity contribution in [1.82, 2.24) is 9.97 Å². The van der Waals surface area contributed by atoms with Crippen molar-refractivity contribution in [2.45, 2.75) is 13.3 Å². The minimum Gasteiger partial charge on any atom is -0.298 e. The van der Waals surface area contributed by atoms with Crippen LogP contribution in [0.1, 0.15) is 22.4 Å². The molecule has 1 aromatic heterocycles. The summed E-state index contributed by atoms with van der Waals surface area (Å²) in [6.45, 7) is 1.06. The second-order valence-electron chi connectivity index (χ2n) is 8.20. The van der Waals surface area contributed by atoms with Crippen LogP contribution in [0.25, 0.3) is 23.4 Å². The molecule has 4 nitrogen and oxygen atoms in total. The third-order valence-corrected chi connectivity index (χ3v) is 5.80. The normalized spacial score (nSPS) is 11.2. The lowest BCUT2D eigenvalue weighted by Crippen LogP contribution is -2.30. The van der Waals surface area contributed by atoms with Gasteiger partial charge in [0.2, 0.25) is 5.91 Å². The summed E-state index contributed by atoms with van der Waals surface area (Å²) < 4.78 is 69.1. The van der Waals surface area contributed by atoms with Gasteiger partial charge in [-0.2, -0.15) is 0 Å². The fourth-order valence-electron chi connectivity index (χ4n) is 3.65. The molecule has 0 fully saturated rings. The minimum atomic E-state index is -1.98. The molecule has 0 spiro atoms. The molecular weight excluding hydrogens is 489 g/mol. The van der Waals surface area contributed by atoms with E-state index in [0.29, 0.717) is 11.3 Å². The van der Waals surface area contributed by atoms with Crippen LogP contribution in [0.3, 0.4) is 0 Å². The molecule has 188 valence electrons. The first-order valence-corrected chi connectivity index (χ1v) is 11.1. The number of nitrogens with zero attached hydrogens (tertiary/aromatic N) is 3. The van der Waals surface area contributed by atoms with E-state index in [9.17, 15) is 26.7 Å². The Kier molecular flexibility index (Phi) is 7.42. The maximum Gasteiger partial charge on any atom is 0.232 e. The second kappa shape index (κ2) is 10.7. The number of hydrogen-bond donors (Lipinski definition) is 0. The molecule has 9 heteroatoms. The van der Waals surface area contributed by atoms with Crippen LogP contribution in [-0.2, 0) is 11.2 Å². The molecule has 3 aromatic carbocycles. The Balaban J connectivity index is 1.72. The molecule has 1 amide bonds. The number of carbonyl (C=O) groups is 1. The number of aromatic nitrogens is 2. The molecule has 0 saturated carbocycles. The lowest BCUT2D eigenvalue weighted by atomic mass is 10.0. The van der Waals surface area contributed by atoms with Gasteiger partial charge in [0.1, 0.15) is 11.5 Å². The maximum atomic E-state index is 14.4. The average molecular weight is 509 g/mol. The predicted molar refractivity (Wildman–Crippen MR) is 131 cm³/mol. The Morgan fingerprint density at radius 2 is 1.51 bits per heavy atom. The van der Waals surface area contributed by atoms with Gasteiger partial charge in [-0.25, -0.2) is 31.9 Å². The Morgan fingerprint density at radius 3 is 2.19 bits per heavy atom. The first-order chi connectivity index (χ1) is 17.7. The average Bonchev–Trinajstić information content (AvgIpc) is 2.92. The molecule has 0 unspecified atom stereocenters. The monoisotopic (exact) mass is 509 g/mol. The van der Waals surface area contributed by atoms with Gasteiger partial charge in [0.25, 0.3) is 0 Å². The highest BCUT2D eigenvalue weighted by Crippen LogP contribution is 2.27. The predicted octanol–water partition coefficient (Wildman–Crippen LogP) is 6.52. The Hall–Kier alpha value is -4.40. The minimum absolute atomic E-state index is 0.0872. The summed E-state index contributed by atoms with van der Waals surface area (Å²) in [6, 6.07) is 14.9. The number of carbonyl (C=O) groups excluding carboxylic acids is 1. The summed E-state index contributed by atoms with van der Waals surface area (Å²) in [5, 5.41) is 0. The smallest absolute Gasteiger partial charge is 0.232 e. The molecule has 4 rings (SSSR count). The van der Waals surface area contributed by atoms with Crippen molar-refractivity contribution in [2.24, 2.45) is 0 Å². The van der Waals surface area contributed by atoms with Gasteiger partial charge in [0, 0.05) is 18.2 Å². The molecule has 0 aliphatic rings. The first kappa shape index (κ1) is 25.7. The largest absolute Gasteiger partial charge is 0.298 e. The molecule has 0 N–H and O–H groups in total. The van der Waals surface area contributed by atoms with Gasteiger partial charge >= 0.3 is 0 Å². The van der Waals surface area contributed by atoms with E-state index in [1.54, 1.807) is 12.2 Å². The van der Waals surface area contributed by atoms with E-state index in [4.69, 9.17) is 0 Å². The summed E-state index contributed by atoms with van der Waals surface area (Å²) in [7, 11) is 1.35. The van der Waals surface area contributed by atoms with E-state index in [2.05, 4.69) is 9.97 Å². The summed E-state index contributed by atoms with van der Waals surface area (Å²) in [4.78, 5) is 23.0. The van der Waals surface area contributed by atoms with Crippen LogP contribution < -0.4 is 4.90 Å². The van der Waals surface area contributed by atoms with Crippen LogP contribution in [0, 0.1) is 36.0 Å². The lowest BCUT2D eigenvalue weighted by Gasteiger charge is -2.20. The highest BCUT2D eigenvalue weighted by atomic mass is 19.2. The van der Waals surface area contributed by atoms with Gasteiger partial charge in [0.05, 0.1) is 18.3 Å². The topological polar surface area (TPSA) is 46.1 Å². The molecule has 0 saturated heterocycles. The molecular formula is C28H20F5N3O. The van der Waals surface area contributed by atoms with Gasteiger partial charge in [-0.1, -0.05) is 36.4 Å². The molecule has 1 heterocycles. The lowest BCUT2D eigenvalue weighted by molar-refractivity contribution is -0.117. The quantitative estimate of drug-likeness (QED) is 0.169. The van der Waals surface area contributed by atoms with E-state index in [1.807, 2.05) is 30.3 Å². The molecule has 4 aromatic rings. The van der Waals surface area contributed by atoms with Crippen LogP contribution in [0.15, 0.2) is 60.8 Å². The van der Waals surface area contributed by atoms with Crippen LogP contribution >= 0.6 is 0 Å². The molecule has 0 atom stereocenters.